The second-order valence-electron chi connectivity index (χ2n) is 10.5. The van der Waals surface area contributed by atoms with Gasteiger partial charge >= 0.3 is 12.1 Å². The molecule has 2 heterocycles. The lowest BCUT2D eigenvalue weighted by Gasteiger charge is -2.30. The highest BCUT2D eigenvalue weighted by Gasteiger charge is 2.45. The molecule has 0 saturated carbocycles. The predicted molar refractivity (Wildman–Crippen MR) is 145 cm³/mol. The smallest absolute Gasteiger partial charge is 0.325 e. The molecule has 0 spiro atoms. The summed E-state index contributed by atoms with van der Waals surface area (Å²) in [7, 11) is 1.51. The van der Waals surface area contributed by atoms with Crippen LogP contribution < -0.4 is 15.5 Å². The largest absolute Gasteiger partial charge is 0.380 e. The molecule has 2 saturated heterocycles. The van der Waals surface area contributed by atoms with E-state index in [1.807, 2.05) is 27.7 Å². The monoisotopic (exact) mass is 545 g/mol. The molecule has 0 aliphatic carbocycles. The Labute approximate surface area is 226 Å². The number of amides is 5. The number of benzene rings is 2. The molecule has 204 valence electrons. The number of hydrogen-bond donors (Lipinski definition) is 2. The number of likely N-dealkylation sites (tertiary alicyclic amines) is 1. The zero-order chi connectivity index (χ0) is 27.8. The first-order valence-corrected chi connectivity index (χ1v) is 12.9. The highest BCUT2D eigenvalue weighted by molar-refractivity contribution is 6.30. The van der Waals surface area contributed by atoms with E-state index in [1.54, 1.807) is 40.1 Å². The number of halogens is 2. The first kappa shape index (κ1) is 27.7. The normalized spacial score (nSPS) is 20.8. The summed E-state index contributed by atoms with van der Waals surface area (Å²) in [5.41, 5.74) is 0.359. The summed E-state index contributed by atoms with van der Waals surface area (Å²) in [6.07, 6.45) is -0.0846. The van der Waals surface area contributed by atoms with Crippen molar-refractivity contribution < 1.29 is 23.5 Å². The van der Waals surface area contributed by atoms with Gasteiger partial charge in [-0.1, -0.05) is 11.6 Å². The number of rotatable bonds is 6. The van der Waals surface area contributed by atoms with Crippen LogP contribution in [-0.2, 0) is 9.53 Å². The Bertz CT molecular complexity index is 1220. The van der Waals surface area contributed by atoms with Gasteiger partial charge in [0.1, 0.15) is 11.9 Å². The van der Waals surface area contributed by atoms with Crippen molar-refractivity contribution in [2.75, 3.05) is 35.7 Å². The minimum absolute atomic E-state index is 0.0114. The van der Waals surface area contributed by atoms with E-state index in [0.717, 1.165) is 0 Å². The third-order valence-electron chi connectivity index (χ3n) is 6.95. The van der Waals surface area contributed by atoms with Crippen molar-refractivity contribution in [1.29, 1.82) is 0 Å². The van der Waals surface area contributed by atoms with Crippen LogP contribution >= 0.6 is 11.6 Å². The first-order chi connectivity index (χ1) is 17.9. The van der Waals surface area contributed by atoms with Gasteiger partial charge in [-0.05, 0) is 70.2 Å². The zero-order valence-electron chi connectivity index (χ0n) is 22.1. The van der Waals surface area contributed by atoms with E-state index in [1.165, 1.54) is 24.1 Å². The Morgan fingerprint density at radius 2 is 1.82 bits per heavy atom. The van der Waals surface area contributed by atoms with Gasteiger partial charge in [0.05, 0.1) is 17.3 Å². The summed E-state index contributed by atoms with van der Waals surface area (Å²) in [5, 5.41) is 5.89. The highest BCUT2D eigenvalue weighted by atomic mass is 35.5. The number of ether oxygens (including phenoxy) is 1. The Kier molecular flexibility index (Phi) is 7.85. The van der Waals surface area contributed by atoms with Gasteiger partial charge in [-0.25, -0.2) is 14.0 Å². The summed E-state index contributed by atoms with van der Waals surface area (Å²) < 4.78 is 20.6. The number of nitrogens with one attached hydrogen (secondary N) is 2. The number of urea groups is 2. The van der Waals surface area contributed by atoms with E-state index < -0.39 is 29.3 Å². The number of anilines is 3. The van der Waals surface area contributed by atoms with Crippen LogP contribution in [-0.4, -0.2) is 71.7 Å². The zero-order valence-corrected chi connectivity index (χ0v) is 22.9. The average Bonchev–Trinajstić information content (AvgIpc) is 3.40. The van der Waals surface area contributed by atoms with Crippen LogP contribution in [0, 0.1) is 5.82 Å². The molecular formula is C27H33ClFN5O4. The van der Waals surface area contributed by atoms with Crippen LogP contribution in [0.25, 0.3) is 0 Å². The van der Waals surface area contributed by atoms with E-state index >= 15 is 4.39 Å². The van der Waals surface area contributed by atoms with Gasteiger partial charge in [0, 0.05) is 49.1 Å². The molecule has 11 heteroatoms. The van der Waals surface area contributed by atoms with E-state index in [9.17, 15) is 14.4 Å². The van der Waals surface area contributed by atoms with Crippen LogP contribution in [0.3, 0.4) is 0 Å². The van der Waals surface area contributed by atoms with Gasteiger partial charge in [-0.2, -0.15) is 0 Å². The summed E-state index contributed by atoms with van der Waals surface area (Å²) >= 11 is 5.91. The van der Waals surface area contributed by atoms with Gasteiger partial charge in [-0.3, -0.25) is 9.69 Å². The van der Waals surface area contributed by atoms with Crippen molar-refractivity contribution in [2.45, 2.75) is 57.8 Å². The Morgan fingerprint density at radius 3 is 2.39 bits per heavy atom. The number of carbonyl (C=O) groups excluding carboxylic acids is 3. The molecule has 2 N–H and O–H groups in total. The maximum atomic E-state index is 15.2. The topological polar surface area (TPSA) is 94.2 Å². The van der Waals surface area contributed by atoms with Gasteiger partial charge < -0.3 is 25.2 Å². The molecule has 2 atom stereocenters. The van der Waals surface area contributed by atoms with E-state index in [0.29, 0.717) is 22.9 Å². The molecule has 0 unspecified atom stereocenters. The number of nitrogens with zero attached hydrogens (tertiary/aromatic N) is 3. The third kappa shape index (κ3) is 5.56. The fourth-order valence-electron chi connectivity index (χ4n) is 4.94. The molecule has 0 aromatic heterocycles. The summed E-state index contributed by atoms with van der Waals surface area (Å²) in [6, 6.07) is 9.36. The van der Waals surface area contributed by atoms with Gasteiger partial charge in [0.15, 0.2) is 0 Å². The Balaban J connectivity index is 1.49. The molecule has 4 rings (SSSR count). The molecule has 2 fully saturated rings. The molecule has 0 bridgehead atoms. The Hall–Kier alpha value is -3.37. The van der Waals surface area contributed by atoms with Crippen molar-refractivity contribution in [3.63, 3.8) is 0 Å². The number of methoxy groups -OCH3 is 1. The standard InChI is InChI=1S/C27H33ClFN5O4/c1-16(2)33-15-27(3,4)34(26(33)37)19-10-11-22(21(29)12-19)31-24(35)23-13-20(38-5)14-32(23)25(36)30-18-8-6-17(28)7-9-18/h6-12,16,20,23H,13-15H2,1-5H3,(H,30,36)(H,31,35)/t20-,23-/m1/s1. The molecule has 2 aromatic rings. The maximum absolute atomic E-state index is 15.2. The minimum Gasteiger partial charge on any atom is -0.380 e. The lowest BCUT2D eigenvalue weighted by molar-refractivity contribution is -0.119. The predicted octanol–water partition coefficient (Wildman–Crippen LogP) is 5.17. The molecule has 2 aliphatic heterocycles. The SMILES string of the molecule is CO[C@@H]1C[C@H](C(=O)Nc2ccc(N3C(=O)N(C(C)C)CC3(C)C)cc2F)N(C(=O)Nc2ccc(Cl)cc2)C1. The molecule has 9 nitrogen and oxygen atoms in total. The number of hydrogen-bond acceptors (Lipinski definition) is 4. The molecule has 5 amide bonds. The molecule has 0 radical (unpaired) electrons. The average molecular weight is 546 g/mol. The van der Waals surface area contributed by atoms with E-state index in [2.05, 4.69) is 10.6 Å². The van der Waals surface area contributed by atoms with Crippen LogP contribution in [0.4, 0.5) is 31.0 Å². The molecular weight excluding hydrogens is 513 g/mol. The van der Waals surface area contributed by atoms with Crippen molar-refractivity contribution in [2.24, 2.45) is 0 Å². The lowest BCUT2D eigenvalue weighted by atomic mass is 10.0. The van der Waals surface area contributed by atoms with Gasteiger partial charge in [0.2, 0.25) is 5.91 Å². The van der Waals surface area contributed by atoms with Crippen LogP contribution in [0.5, 0.6) is 0 Å². The van der Waals surface area contributed by atoms with Gasteiger partial charge in [0.25, 0.3) is 0 Å². The fourth-order valence-corrected chi connectivity index (χ4v) is 5.06. The second-order valence-corrected chi connectivity index (χ2v) is 10.9. The molecule has 38 heavy (non-hydrogen) atoms. The van der Waals surface area contributed by atoms with Crippen molar-refractivity contribution in [3.05, 3.63) is 53.3 Å². The van der Waals surface area contributed by atoms with Crippen LogP contribution in [0.2, 0.25) is 5.02 Å². The maximum Gasteiger partial charge on any atom is 0.325 e. The quantitative estimate of drug-likeness (QED) is 0.524. The summed E-state index contributed by atoms with van der Waals surface area (Å²) in [4.78, 5) is 43.9. The molecule has 2 aromatic carbocycles. The summed E-state index contributed by atoms with van der Waals surface area (Å²) in [5.74, 6) is -1.22. The molecule has 2 aliphatic rings. The second kappa shape index (κ2) is 10.8. The number of carbonyl (C=O) groups is 3. The first-order valence-electron chi connectivity index (χ1n) is 12.5. The van der Waals surface area contributed by atoms with Gasteiger partial charge in [-0.15, -0.1) is 0 Å². The van der Waals surface area contributed by atoms with E-state index in [-0.39, 0.29) is 36.8 Å². The van der Waals surface area contributed by atoms with Crippen molar-refractivity contribution in [3.8, 4) is 0 Å². The van der Waals surface area contributed by atoms with Crippen LogP contribution in [0.1, 0.15) is 34.1 Å². The third-order valence-corrected chi connectivity index (χ3v) is 7.20. The van der Waals surface area contributed by atoms with Crippen molar-refractivity contribution >= 4 is 46.6 Å². The van der Waals surface area contributed by atoms with Crippen molar-refractivity contribution in [1.82, 2.24) is 9.80 Å². The summed E-state index contributed by atoms with van der Waals surface area (Å²) in [6.45, 7) is 8.45. The highest BCUT2D eigenvalue weighted by Crippen LogP contribution is 2.35. The lowest BCUT2D eigenvalue weighted by Crippen LogP contribution is -2.45. The Morgan fingerprint density at radius 1 is 1.13 bits per heavy atom. The van der Waals surface area contributed by atoms with E-state index in [4.69, 9.17) is 16.3 Å². The fraction of sp³-hybridized carbons (Fsp3) is 0.444. The van der Waals surface area contributed by atoms with Crippen LogP contribution in [0.15, 0.2) is 42.5 Å². The minimum atomic E-state index is -0.870.